The fourth-order valence-electron chi connectivity index (χ4n) is 3.53. The molecule has 0 spiro atoms. The van der Waals surface area contributed by atoms with Crippen molar-refractivity contribution in [2.75, 3.05) is 10.6 Å². The Bertz CT molecular complexity index is 1440. The Morgan fingerprint density at radius 2 is 1.50 bits per heavy atom. The molecule has 42 heavy (non-hydrogen) atoms. The number of hydrogen-bond acceptors (Lipinski definition) is 6. The Morgan fingerprint density at radius 1 is 0.857 bits per heavy atom. The van der Waals surface area contributed by atoms with Gasteiger partial charge in [0.15, 0.2) is 5.75 Å². The molecule has 0 aliphatic carbocycles. The summed E-state index contributed by atoms with van der Waals surface area (Å²) in [5.74, 6) is -4.71. The van der Waals surface area contributed by atoms with Crippen molar-refractivity contribution < 1.29 is 41.8 Å². The quantitative estimate of drug-likeness (QED) is 0.230. The van der Waals surface area contributed by atoms with Crippen LogP contribution in [0.2, 0.25) is 5.02 Å². The lowest BCUT2D eigenvalue weighted by Gasteiger charge is -2.20. The van der Waals surface area contributed by atoms with Crippen molar-refractivity contribution >= 4 is 46.7 Å². The van der Waals surface area contributed by atoms with E-state index in [9.17, 15) is 32.3 Å². The highest BCUT2D eigenvalue weighted by atomic mass is 35.5. The Labute approximate surface area is 244 Å². The molecule has 3 N–H and O–H groups in total. The number of alkyl halides is 3. The first kappa shape index (κ1) is 31.9. The van der Waals surface area contributed by atoms with E-state index >= 15 is 0 Å². The minimum absolute atomic E-state index is 0.0265. The Balaban J connectivity index is 1.75. The highest BCUT2D eigenvalue weighted by molar-refractivity contribution is 6.40. The largest absolute Gasteiger partial charge is 0.573 e. The van der Waals surface area contributed by atoms with Gasteiger partial charge in [-0.25, -0.2) is 4.79 Å². The molecule has 13 heteroatoms. The molecule has 0 unspecified atom stereocenters. The standard InChI is InChI=1S/C29H27ClF3N3O6/c1-28(2,3)42-27(40)18-9-12-20(13-10-18)34-24(37)22(15-17-7-5-4-6-8-17)36-26(39)25(38)35-21-16-19(30)11-14-23(21)41-29(31,32)33/h4-14,16,22H,15H2,1-3H3,(H,34,37)(H,35,38)(H,36,39)/t22-/m0/s1. The van der Waals surface area contributed by atoms with Crippen LogP contribution in [-0.4, -0.2) is 41.7 Å². The van der Waals surface area contributed by atoms with Gasteiger partial charge in [0.2, 0.25) is 5.91 Å². The third kappa shape index (κ3) is 10.1. The molecule has 3 aromatic rings. The second kappa shape index (κ2) is 13.4. The lowest BCUT2D eigenvalue weighted by molar-refractivity contribution is -0.274. The Hall–Kier alpha value is -4.58. The summed E-state index contributed by atoms with van der Waals surface area (Å²) < 4.78 is 47.5. The fraction of sp³-hybridized carbons (Fsp3) is 0.241. The van der Waals surface area contributed by atoms with Gasteiger partial charge < -0.3 is 25.4 Å². The van der Waals surface area contributed by atoms with Crippen molar-refractivity contribution in [3.05, 3.63) is 88.9 Å². The van der Waals surface area contributed by atoms with E-state index in [1.165, 1.54) is 24.3 Å². The molecule has 0 aliphatic heterocycles. The fourth-order valence-corrected chi connectivity index (χ4v) is 3.70. The lowest BCUT2D eigenvalue weighted by Crippen LogP contribution is -2.49. The van der Waals surface area contributed by atoms with Crippen LogP contribution in [-0.2, 0) is 25.5 Å². The van der Waals surface area contributed by atoms with Gasteiger partial charge in [-0.3, -0.25) is 14.4 Å². The second-order valence-corrected chi connectivity index (χ2v) is 10.4. The molecule has 0 fully saturated rings. The number of anilines is 2. The number of hydrogen-bond donors (Lipinski definition) is 3. The number of benzene rings is 3. The molecule has 1 atom stereocenters. The summed E-state index contributed by atoms with van der Waals surface area (Å²) in [6.45, 7) is 5.18. The van der Waals surface area contributed by atoms with E-state index in [0.29, 0.717) is 5.56 Å². The minimum atomic E-state index is -5.07. The SMILES string of the molecule is CC(C)(C)OC(=O)c1ccc(NC(=O)[C@H](Cc2ccccc2)NC(=O)C(=O)Nc2cc(Cl)ccc2OC(F)(F)F)cc1. The zero-order valence-electron chi connectivity index (χ0n) is 22.7. The Morgan fingerprint density at radius 3 is 2.10 bits per heavy atom. The van der Waals surface area contributed by atoms with Gasteiger partial charge in [-0.15, -0.1) is 13.2 Å². The van der Waals surface area contributed by atoms with Crippen LogP contribution in [0, 0.1) is 0 Å². The van der Waals surface area contributed by atoms with Gasteiger partial charge in [0, 0.05) is 17.1 Å². The summed E-state index contributed by atoms with van der Waals surface area (Å²) >= 11 is 5.83. The van der Waals surface area contributed by atoms with E-state index in [2.05, 4.69) is 15.4 Å². The molecular formula is C29H27ClF3N3O6. The molecule has 0 aliphatic rings. The molecule has 0 saturated carbocycles. The first-order valence-corrected chi connectivity index (χ1v) is 12.8. The number of rotatable bonds is 8. The topological polar surface area (TPSA) is 123 Å². The molecule has 9 nitrogen and oxygen atoms in total. The van der Waals surface area contributed by atoms with Gasteiger partial charge in [-0.05, 0) is 68.8 Å². The predicted octanol–water partition coefficient (Wildman–Crippen LogP) is 5.50. The van der Waals surface area contributed by atoms with Crippen LogP contribution in [0.4, 0.5) is 24.5 Å². The summed E-state index contributed by atoms with van der Waals surface area (Å²) in [5, 5.41) is 6.92. The maximum atomic E-state index is 13.2. The average molecular weight is 606 g/mol. The summed E-state index contributed by atoms with van der Waals surface area (Å²) in [6, 6.07) is 16.1. The van der Waals surface area contributed by atoms with Gasteiger partial charge in [0.1, 0.15) is 11.6 Å². The molecule has 222 valence electrons. The third-order valence-corrected chi connectivity index (χ3v) is 5.55. The van der Waals surface area contributed by atoms with Gasteiger partial charge in [-0.1, -0.05) is 41.9 Å². The second-order valence-electron chi connectivity index (χ2n) is 9.93. The third-order valence-electron chi connectivity index (χ3n) is 5.31. The summed E-state index contributed by atoms with van der Waals surface area (Å²) in [5.41, 5.74) is -0.0113. The Kier molecular flexibility index (Phi) is 10.2. The van der Waals surface area contributed by atoms with Gasteiger partial charge in [0.25, 0.3) is 0 Å². The highest BCUT2D eigenvalue weighted by Crippen LogP contribution is 2.32. The molecule has 3 rings (SSSR count). The van der Waals surface area contributed by atoms with Crippen molar-refractivity contribution in [3.63, 3.8) is 0 Å². The summed E-state index contributed by atoms with van der Waals surface area (Å²) in [4.78, 5) is 50.8. The zero-order chi connectivity index (χ0) is 31.1. The average Bonchev–Trinajstić information content (AvgIpc) is 2.89. The van der Waals surface area contributed by atoms with Crippen LogP contribution < -0.4 is 20.7 Å². The van der Waals surface area contributed by atoms with Crippen LogP contribution in [0.1, 0.15) is 36.7 Å². The maximum Gasteiger partial charge on any atom is 0.573 e. The number of amides is 3. The zero-order valence-corrected chi connectivity index (χ0v) is 23.4. The van der Waals surface area contributed by atoms with Crippen molar-refractivity contribution in [3.8, 4) is 5.75 Å². The van der Waals surface area contributed by atoms with E-state index in [4.69, 9.17) is 16.3 Å². The monoisotopic (exact) mass is 605 g/mol. The van der Waals surface area contributed by atoms with E-state index < -0.39 is 53.1 Å². The van der Waals surface area contributed by atoms with Crippen LogP contribution in [0.25, 0.3) is 0 Å². The van der Waals surface area contributed by atoms with E-state index in [0.717, 1.165) is 18.2 Å². The number of ether oxygens (including phenoxy) is 2. The molecule has 0 saturated heterocycles. The van der Waals surface area contributed by atoms with Gasteiger partial charge in [-0.2, -0.15) is 0 Å². The molecule has 0 aromatic heterocycles. The van der Waals surface area contributed by atoms with Crippen LogP contribution in [0.5, 0.6) is 5.75 Å². The van der Waals surface area contributed by atoms with Crippen LogP contribution >= 0.6 is 11.6 Å². The van der Waals surface area contributed by atoms with Crippen molar-refractivity contribution in [1.29, 1.82) is 0 Å². The molecule has 3 aromatic carbocycles. The van der Waals surface area contributed by atoms with Gasteiger partial charge in [0.05, 0.1) is 11.3 Å². The molecule has 3 amide bonds. The van der Waals surface area contributed by atoms with Crippen molar-refractivity contribution in [2.45, 2.75) is 45.2 Å². The minimum Gasteiger partial charge on any atom is -0.456 e. The molecule has 0 heterocycles. The number of halogens is 4. The normalized spacial score (nSPS) is 12.1. The van der Waals surface area contributed by atoms with Crippen molar-refractivity contribution in [2.24, 2.45) is 0 Å². The maximum absolute atomic E-state index is 13.2. The van der Waals surface area contributed by atoms with E-state index in [1.807, 2.05) is 5.32 Å². The predicted molar refractivity (Wildman–Crippen MR) is 149 cm³/mol. The number of carbonyl (C=O) groups is 4. The highest BCUT2D eigenvalue weighted by Gasteiger charge is 2.33. The van der Waals surface area contributed by atoms with E-state index in [1.54, 1.807) is 51.1 Å². The van der Waals surface area contributed by atoms with Crippen LogP contribution in [0.3, 0.4) is 0 Å². The molecular weight excluding hydrogens is 579 g/mol. The lowest BCUT2D eigenvalue weighted by atomic mass is 10.0. The molecule has 0 bridgehead atoms. The van der Waals surface area contributed by atoms with Crippen molar-refractivity contribution in [1.82, 2.24) is 5.32 Å². The summed E-state index contributed by atoms with van der Waals surface area (Å²) in [6.07, 6.45) is -5.10. The first-order chi connectivity index (χ1) is 19.6. The molecule has 0 radical (unpaired) electrons. The van der Waals surface area contributed by atoms with E-state index in [-0.39, 0.29) is 22.7 Å². The smallest absolute Gasteiger partial charge is 0.456 e. The van der Waals surface area contributed by atoms with Crippen LogP contribution in [0.15, 0.2) is 72.8 Å². The first-order valence-electron chi connectivity index (χ1n) is 12.4. The van der Waals surface area contributed by atoms with Gasteiger partial charge >= 0.3 is 24.1 Å². The summed E-state index contributed by atoms with van der Waals surface area (Å²) in [7, 11) is 0. The number of nitrogens with one attached hydrogen (secondary N) is 3. The number of carbonyl (C=O) groups excluding carboxylic acids is 4. The number of esters is 1.